The van der Waals surface area contributed by atoms with E-state index in [2.05, 4.69) is 6.07 Å². The highest BCUT2D eigenvalue weighted by atomic mass is 35.5. The average molecular weight is 302 g/mol. The van der Waals surface area contributed by atoms with E-state index in [0.29, 0.717) is 0 Å². The van der Waals surface area contributed by atoms with Crippen LogP contribution in [0.15, 0.2) is 42.5 Å². The highest BCUT2D eigenvalue weighted by molar-refractivity contribution is 6.30. The van der Waals surface area contributed by atoms with Crippen molar-refractivity contribution in [3.05, 3.63) is 58.6 Å². The second kappa shape index (κ2) is 5.78. The molecule has 1 amide bonds. The standard InChI is InChI=1S/C17H16ClNO2/c18-14-5-1-3-11(10-14)12-7-8-15-13(9-12)4-2-6-16(15)21-17(19)20/h1,3,5,7-10,16H,2,4,6H2,(H2,19,20). The molecular weight excluding hydrogens is 286 g/mol. The molecule has 1 unspecified atom stereocenters. The van der Waals surface area contributed by atoms with Crippen molar-refractivity contribution in [1.29, 1.82) is 0 Å². The summed E-state index contributed by atoms with van der Waals surface area (Å²) in [4.78, 5) is 11.0. The molecule has 2 aromatic carbocycles. The van der Waals surface area contributed by atoms with Gasteiger partial charge in [0.05, 0.1) is 0 Å². The highest BCUT2D eigenvalue weighted by Crippen LogP contribution is 2.35. The molecule has 108 valence electrons. The van der Waals surface area contributed by atoms with Crippen LogP contribution in [0.25, 0.3) is 11.1 Å². The molecule has 0 aromatic heterocycles. The third-order valence-corrected chi connectivity index (χ3v) is 4.05. The lowest BCUT2D eigenvalue weighted by molar-refractivity contribution is 0.0959. The number of ether oxygens (including phenoxy) is 1. The van der Waals surface area contributed by atoms with Gasteiger partial charge in [0.1, 0.15) is 6.10 Å². The van der Waals surface area contributed by atoms with Crippen molar-refractivity contribution in [2.45, 2.75) is 25.4 Å². The summed E-state index contributed by atoms with van der Waals surface area (Å²) in [6, 6.07) is 14.0. The number of amides is 1. The summed E-state index contributed by atoms with van der Waals surface area (Å²) in [5.41, 5.74) is 9.62. The normalized spacial score (nSPS) is 17.1. The topological polar surface area (TPSA) is 52.3 Å². The Kier molecular flexibility index (Phi) is 3.84. The van der Waals surface area contributed by atoms with Crippen LogP contribution >= 0.6 is 11.6 Å². The Morgan fingerprint density at radius 2 is 2.00 bits per heavy atom. The first-order valence-electron chi connectivity index (χ1n) is 6.98. The molecule has 0 saturated carbocycles. The minimum atomic E-state index is -0.716. The molecule has 0 aliphatic heterocycles. The molecule has 0 bridgehead atoms. The molecule has 2 N–H and O–H groups in total. The van der Waals surface area contributed by atoms with Crippen molar-refractivity contribution >= 4 is 17.7 Å². The maximum atomic E-state index is 11.0. The van der Waals surface area contributed by atoms with Gasteiger partial charge in [-0.25, -0.2) is 4.79 Å². The number of carbonyl (C=O) groups excluding carboxylic acids is 1. The van der Waals surface area contributed by atoms with E-state index in [-0.39, 0.29) is 6.10 Å². The molecule has 3 nitrogen and oxygen atoms in total. The largest absolute Gasteiger partial charge is 0.442 e. The number of aryl methyl sites for hydroxylation is 1. The van der Waals surface area contributed by atoms with E-state index in [0.717, 1.165) is 41.0 Å². The predicted octanol–water partition coefficient (Wildman–Crippen LogP) is 4.48. The predicted molar refractivity (Wildman–Crippen MR) is 83.2 cm³/mol. The Labute approximate surface area is 128 Å². The van der Waals surface area contributed by atoms with Gasteiger partial charge in [-0.05, 0) is 53.6 Å². The zero-order valence-corrected chi connectivity index (χ0v) is 12.3. The van der Waals surface area contributed by atoms with Gasteiger partial charge in [0.15, 0.2) is 0 Å². The number of benzene rings is 2. The van der Waals surface area contributed by atoms with E-state index in [1.807, 2.05) is 36.4 Å². The lowest BCUT2D eigenvalue weighted by Gasteiger charge is -2.25. The zero-order valence-electron chi connectivity index (χ0n) is 11.5. The zero-order chi connectivity index (χ0) is 14.8. The van der Waals surface area contributed by atoms with Crippen LogP contribution < -0.4 is 5.73 Å². The maximum absolute atomic E-state index is 11.0. The van der Waals surface area contributed by atoms with Gasteiger partial charge in [0, 0.05) is 5.02 Å². The monoisotopic (exact) mass is 301 g/mol. The fourth-order valence-electron chi connectivity index (χ4n) is 2.88. The number of rotatable bonds is 2. The van der Waals surface area contributed by atoms with Crippen LogP contribution in [0.4, 0.5) is 4.79 Å². The van der Waals surface area contributed by atoms with Gasteiger partial charge >= 0.3 is 6.09 Å². The molecule has 0 fully saturated rings. The lowest BCUT2D eigenvalue weighted by atomic mass is 9.87. The summed E-state index contributed by atoms with van der Waals surface area (Å²) in [5, 5.41) is 0.722. The van der Waals surface area contributed by atoms with E-state index >= 15 is 0 Å². The molecule has 0 heterocycles. The van der Waals surface area contributed by atoms with Crippen LogP contribution in [0.5, 0.6) is 0 Å². The summed E-state index contributed by atoms with van der Waals surface area (Å²) in [7, 11) is 0. The van der Waals surface area contributed by atoms with Crippen molar-refractivity contribution in [1.82, 2.24) is 0 Å². The van der Waals surface area contributed by atoms with Crippen LogP contribution in [-0.4, -0.2) is 6.09 Å². The van der Waals surface area contributed by atoms with Gasteiger partial charge in [-0.2, -0.15) is 0 Å². The van der Waals surface area contributed by atoms with E-state index in [1.54, 1.807) is 0 Å². The summed E-state index contributed by atoms with van der Waals surface area (Å²) < 4.78 is 5.20. The number of halogens is 1. The van der Waals surface area contributed by atoms with E-state index in [4.69, 9.17) is 22.1 Å². The SMILES string of the molecule is NC(=O)OC1CCCc2cc(-c3cccc(Cl)c3)ccc21. The van der Waals surface area contributed by atoms with Crippen LogP contribution in [0, 0.1) is 0 Å². The van der Waals surface area contributed by atoms with Crippen LogP contribution in [0.3, 0.4) is 0 Å². The van der Waals surface area contributed by atoms with Crippen molar-refractivity contribution in [2.24, 2.45) is 5.73 Å². The maximum Gasteiger partial charge on any atom is 0.405 e. The molecule has 2 aromatic rings. The van der Waals surface area contributed by atoms with E-state index < -0.39 is 6.09 Å². The third-order valence-electron chi connectivity index (χ3n) is 3.82. The first kappa shape index (κ1) is 14.0. The number of hydrogen-bond acceptors (Lipinski definition) is 2. The number of nitrogens with two attached hydrogens (primary N) is 1. The number of primary amides is 1. The molecule has 3 rings (SSSR count). The number of hydrogen-bond donors (Lipinski definition) is 1. The molecule has 0 spiro atoms. The first-order valence-corrected chi connectivity index (χ1v) is 7.36. The van der Waals surface area contributed by atoms with Gasteiger partial charge in [-0.15, -0.1) is 0 Å². The van der Waals surface area contributed by atoms with Crippen LogP contribution in [-0.2, 0) is 11.2 Å². The summed E-state index contributed by atoms with van der Waals surface area (Å²) in [6.45, 7) is 0. The highest BCUT2D eigenvalue weighted by Gasteiger charge is 2.23. The molecular formula is C17H16ClNO2. The summed E-state index contributed by atoms with van der Waals surface area (Å²) in [6.07, 6.45) is 1.87. The second-order valence-electron chi connectivity index (χ2n) is 5.24. The minimum absolute atomic E-state index is 0.223. The average Bonchev–Trinajstić information content (AvgIpc) is 2.46. The van der Waals surface area contributed by atoms with Crippen LogP contribution in [0.2, 0.25) is 5.02 Å². The van der Waals surface area contributed by atoms with Crippen molar-refractivity contribution in [3.8, 4) is 11.1 Å². The third kappa shape index (κ3) is 3.03. The van der Waals surface area contributed by atoms with Crippen LogP contribution in [0.1, 0.15) is 30.1 Å². The Bertz CT molecular complexity index is 684. The lowest BCUT2D eigenvalue weighted by Crippen LogP contribution is -2.20. The van der Waals surface area contributed by atoms with Crippen molar-refractivity contribution < 1.29 is 9.53 Å². The molecule has 4 heteroatoms. The minimum Gasteiger partial charge on any atom is -0.442 e. The smallest absolute Gasteiger partial charge is 0.405 e. The Balaban J connectivity index is 1.96. The quantitative estimate of drug-likeness (QED) is 0.889. The molecule has 0 radical (unpaired) electrons. The molecule has 1 aliphatic carbocycles. The molecule has 21 heavy (non-hydrogen) atoms. The molecule has 1 atom stereocenters. The van der Waals surface area contributed by atoms with E-state index in [9.17, 15) is 4.79 Å². The second-order valence-corrected chi connectivity index (χ2v) is 5.68. The summed E-state index contributed by atoms with van der Waals surface area (Å²) in [5.74, 6) is 0. The van der Waals surface area contributed by atoms with E-state index in [1.165, 1.54) is 5.56 Å². The fraction of sp³-hybridized carbons (Fsp3) is 0.235. The molecule has 1 aliphatic rings. The fourth-order valence-corrected chi connectivity index (χ4v) is 3.07. The Morgan fingerprint density at radius 1 is 1.19 bits per heavy atom. The molecule has 0 saturated heterocycles. The summed E-state index contributed by atoms with van der Waals surface area (Å²) >= 11 is 6.05. The van der Waals surface area contributed by atoms with Crippen molar-refractivity contribution in [2.75, 3.05) is 0 Å². The van der Waals surface area contributed by atoms with Gasteiger partial charge in [0.2, 0.25) is 0 Å². The number of fused-ring (bicyclic) bond motifs is 1. The first-order chi connectivity index (χ1) is 10.1. The van der Waals surface area contributed by atoms with Crippen molar-refractivity contribution in [3.63, 3.8) is 0 Å². The Morgan fingerprint density at radius 3 is 2.76 bits per heavy atom. The number of carbonyl (C=O) groups is 1. The van der Waals surface area contributed by atoms with Gasteiger partial charge < -0.3 is 10.5 Å². The Hall–Kier alpha value is -2.00. The van der Waals surface area contributed by atoms with Gasteiger partial charge in [-0.1, -0.05) is 41.9 Å². The van der Waals surface area contributed by atoms with Gasteiger partial charge in [-0.3, -0.25) is 0 Å². The van der Waals surface area contributed by atoms with Gasteiger partial charge in [0.25, 0.3) is 0 Å².